The van der Waals surface area contributed by atoms with E-state index in [4.69, 9.17) is 39.5 Å². The third-order valence-electron chi connectivity index (χ3n) is 7.61. The number of fused-ring (bicyclic) bond motifs is 1. The lowest BCUT2D eigenvalue weighted by atomic mass is 9.99. The number of halogens is 3. The van der Waals surface area contributed by atoms with E-state index in [1.54, 1.807) is 36.4 Å². The molecule has 0 unspecified atom stereocenters. The number of benzene rings is 3. The van der Waals surface area contributed by atoms with Gasteiger partial charge in [0.05, 0.1) is 42.5 Å². The fourth-order valence-electron chi connectivity index (χ4n) is 5.22. The number of nitrogens with zero attached hydrogens (tertiary/aromatic N) is 4. The summed E-state index contributed by atoms with van der Waals surface area (Å²) >= 11 is 19.3. The molecule has 0 bridgehead atoms. The van der Waals surface area contributed by atoms with Gasteiger partial charge < -0.3 is 15.0 Å². The number of hydrogen-bond donors (Lipinski definition) is 1. The highest BCUT2D eigenvalue weighted by molar-refractivity contribution is 6.33. The maximum absolute atomic E-state index is 14.2. The summed E-state index contributed by atoms with van der Waals surface area (Å²) in [4.78, 5) is 47.0. The molecule has 2 aromatic heterocycles. The van der Waals surface area contributed by atoms with Gasteiger partial charge >= 0.3 is 5.69 Å². The van der Waals surface area contributed by atoms with Gasteiger partial charge in [0.2, 0.25) is 5.91 Å². The molecule has 2 heterocycles. The third-order valence-corrected chi connectivity index (χ3v) is 8.38. The SMILES string of the molecule is COc1cc(-c2cc(CC(=O)NCCN(C)C)ccc2Cl)cc2c1c(=O)n(-c1cncc(Cl)c1)c(=O)n2Cc1cc(Cl)ccc1C. The number of rotatable bonds is 10. The van der Waals surface area contributed by atoms with Crippen molar-refractivity contribution in [1.82, 2.24) is 24.3 Å². The van der Waals surface area contributed by atoms with E-state index in [0.717, 1.165) is 27.8 Å². The summed E-state index contributed by atoms with van der Waals surface area (Å²) in [6.45, 7) is 3.27. The number of aromatic nitrogens is 3. The largest absolute Gasteiger partial charge is 0.496 e. The molecule has 1 N–H and O–H groups in total. The van der Waals surface area contributed by atoms with Crippen LogP contribution in [0.4, 0.5) is 0 Å². The summed E-state index contributed by atoms with van der Waals surface area (Å²) in [5.41, 5.74) is 3.00. The Kier molecular flexibility index (Phi) is 10.2. The summed E-state index contributed by atoms with van der Waals surface area (Å²) < 4.78 is 8.30. The van der Waals surface area contributed by atoms with Gasteiger partial charge in [-0.15, -0.1) is 0 Å². The Morgan fingerprint density at radius 2 is 1.76 bits per heavy atom. The van der Waals surface area contributed by atoms with Crippen LogP contribution in [0.25, 0.3) is 27.7 Å². The molecule has 0 aliphatic heterocycles. The second kappa shape index (κ2) is 14.1. The third kappa shape index (κ3) is 7.13. The molecule has 0 saturated carbocycles. The second-order valence-corrected chi connectivity index (χ2v) is 12.4. The molecule has 0 atom stereocenters. The van der Waals surface area contributed by atoms with Crippen molar-refractivity contribution in [3.63, 3.8) is 0 Å². The van der Waals surface area contributed by atoms with Crippen LogP contribution in [0.3, 0.4) is 0 Å². The lowest BCUT2D eigenvalue weighted by molar-refractivity contribution is -0.120. The molecule has 5 rings (SSSR count). The highest BCUT2D eigenvalue weighted by Crippen LogP contribution is 2.35. The van der Waals surface area contributed by atoms with Gasteiger partial charge in [0.25, 0.3) is 5.56 Å². The van der Waals surface area contributed by atoms with E-state index >= 15 is 0 Å². The molecule has 238 valence electrons. The zero-order valence-corrected chi connectivity index (χ0v) is 28.0. The lowest BCUT2D eigenvalue weighted by Gasteiger charge is -2.18. The van der Waals surface area contributed by atoms with Crippen molar-refractivity contribution in [2.75, 3.05) is 34.3 Å². The van der Waals surface area contributed by atoms with Crippen molar-refractivity contribution in [3.05, 3.63) is 120 Å². The average molecular weight is 681 g/mol. The number of ether oxygens (including phenoxy) is 1. The van der Waals surface area contributed by atoms with Crippen LogP contribution in [0.1, 0.15) is 16.7 Å². The van der Waals surface area contributed by atoms with Crippen molar-refractivity contribution in [2.45, 2.75) is 19.9 Å². The van der Waals surface area contributed by atoms with Gasteiger partial charge in [0.15, 0.2) is 0 Å². The Bertz CT molecular complexity index is 2070. The maximum atomic E-state index is 14.2. The number of methoxy groups -OCH3 is 1. The monoisotopic (exact) mass is 679 g/mol. The van der Waals surface area contributed by atoms with Gasteiger partial charge in [-0.05, 0) is 85.7 Å². The smallest absolute Gasteiger partial charge is 0.336 e. The number of carbonyl (C=O) groups excluding carboxylic acids is 1. The first-order chi connectivity index (χ1) is 22.0. The van der Waals surface area contributed by atoms with Crippen LogP contribution in [-0.2, 0) is 17.8 Å². The molecule has 0 spiro atoms. The van der Waals surface area contributed by atoms with Crippen LogP contribution in [0, 0.1) is 6.92 Å². The fourth-order valence-corrected chi connectivity index (χ4v) is 5.81. The Morgan fingerprint density at radius 1 is 0.978 bits per heavy atom. The summed E-state index contributed by atoms with van der Waals surface area (Å²) in [6.07, 6.45) is 2.97. The first kappa shape index (κ1) is 33.2. The predicted molar refractivity (Wildman–Crippen MR) is 184 cm³/mol. The first-order valence-electron chi connectivity index (χ1n) is 14.4. The highest BCUT2D eigenvalue weighted by atomic mass is 35.5. The molecule has 1 amide bonds. The van der Waals surface area contributed by atoms with Gasteiger partial charge in [-0.3, -0.25) is 19.1 Å². The van der Waals surface area contributed by atoms with Crippen molar-refractivity contribution >= 4 is 51.6 Å². The van der Waals surface area contributed by atoms with Crippen LogP contribution >= 0.6 is 34.8 Å². The van der Waals surface area contributed by atoms with Crippen molar-refractivity contribution < 1.29 is 9.53 Å². The molecular weight excluding hydrogens is 649 g/mol. The number of amides is 1. The van der Waals surface area contributed by atoms with E-state index in [2.05, 4.69) is 10.3 Å². The fraction of sp³-hybridized carbons (Fsp3) is 0.235. The quantitative estimate of drug-likeness (QED) is 0.202. The molecule has 5 aromatic rings. The highest BCUT2D eigenvalue weighted by Gasteiger charge is 2.21. The minimum absolute atomic E-state index is 0.101. The topological polar surface area (TPSA) is 98.5 Å². The van der Waals surface area contributed by atoms with E-state index in [9.17, 15) is 14.4 Å². The van der Waals surface area contributed by atoms with Crippen molar-refractivity contribution in [3.8, 4) is 22.6 Å². The van der Waals surface area contributed by atoms with E-state index < -0.39 is 11.2 Å². The number of carbonyl (C=O) groups is 1. The van der Waals surface area contributed by atoms with Gasteiger partial charge in [-0.2, -0.15) is 0 Å². The molecule has 12 heteroatoms. The minimum Gasteiger partial charge on any atom is -0.496 e. The second-order valence-electron chi connectivity index (χ2n) is 11.2. The van der Waals surface area contributed by atoms with Crippen LogP contribution in [0.2, 0.25) is 15.1 Å². The Balaban J connectivity index is 1.72. The number of pyridine rings is 1. The van der Waals surface area contributed by atoms with E-state index in [0.29, 0.717) is 33.2 Å². The maximum Gasteiger partial charge on any atom is 0.336 e. The van der Waals surface area contributed by atoms with Gasteiger partial charge in [-0.25, -0.2) is 9.36 Å². The number of nitrogens with one attached hydrogen (secondary N) is 1. The minimum atomic E-state index is -0.602. The molecule has 0 aliphatic rings. The summed E-state index contributed by atoms with van der Waals surface area (Å²) in [5.74, 6) is 0.119. The standard InChI is InChI=1S/C34H32Cl3N5O4/c1-20-5-7-24(35)13-23(20)19-41-29-14-22(27-11-21(6-8-28(27)37)12-31(43)39-9-10-40(2)3)15-30(46-4)32(29)33(44)42(34(41)45)26-16-25(36)17-38-18-26/h5-8,11,13-18H,9-10,12,19H2,1-4H3,(H,39,43). The van der Waals surface area contributed by atoms with Crippen LogP contribution in [0.15, 0.2) is 76.6 Å². The van der Waals surface area contributed by atoms with Crippen molar-refractivity contribution in [2.24, 2.45) is 0 Å². The Hall–Kier alpha value is -4.15. The molecule has 46 heavy (non-hydrogen) atoms. The average Bonchev–Trinajstić information content (AvgIpc) is 3.01. The molecule has 0 radical (unpaired) electrons. The molecule has 9 nitrogen and oxygen atoms in total. The zero-order chi connectivity index (χ0) is 33.1. The summed E-state index contributed by atoms with van der Waals surface area (Å²) in [7, 11) is 5.33. The Labute approximate surface area is 280 Å². The van der Waals surface area contributed by atoms with Gasteiger partial charge in [0.1, 0.15) is 11.1 Å². The Morgan fingerprint density at radius 3 is 2.48 bits per heavy atom. The zero-order valence-electron chi connectivity index (χ0n) is 25.7. The van der Waals surface area contributed by atoms with Gasteiger partial charge in [-0.1, -0.05) is 46.9 Å². The van der Waals surface area contributed by atoms with Gasteiger partial charge in [0, 0.05) is 34.9 Å². The van der Waals surface area contributed by atoms with Crippen molar-refractivity contribution in [1.29, 1.82) is 0 Å². The van der Waals surface area contributed by atoms with Crippen LogP contribution in [-0.4, -0.2) is 59.2 Å². The molecule has 0 fully saturated rings. The summed E-state index contributed by atoms with van der Waals surface area (Å²) in [6, 6.07) is 15.7. The van der Waals surface area contributed by atoms with E-state index in [1.807, 2.05) is 38.1 Å². The predicted octanol–water partition coefficient (Wildman–Crippen LogP) is 5.76. The van der Waals surface area contributed by atoms with E-state index in [-0.39, 0.29) is 40.7 Å². The van der Waals surface area contributed by atoms with Crippen LogP contribution in [0.5, 0.6) is 5.75 Å². The first-order valence-corrected chi connectivity index (χ1v) is 15.5. The van der Waals surface area contributed by atoms with Crippen LogP contribution < -0.4 is 21.3 Å². The molecular formula is C34H32Cl3N5O4. The number of hydrogen-bond acceptors (Lipinski definition) is 6. The number of aryl methyl sites for hydroxylation is 1. The lowest BCUT2D eigenvalue weighted by Crippen LogP contribution is -2.39. The molecule has 0 saturated heterocycles. The van der Waals surface area contributed by atoms with E-state index in [1.165, 1.54) is 30.1 Å². The summed E-state index contributed by atoms with van der Waals surface area (Å²) in [5, 5.41) is 4.31. The molecule has 0 aliphatic carbocycles. The number of likely N-dealkylation sites (N-methyl/N-ethyl adjacent to an activating group) is 1. The molecule has 3 aromatic carbocycles. The normalized spacial score (nSPS) is 11.3.